The summed E-state index contributed by atoms with van der Waals surface area (Å²) in [5, 5.41) is 18.2. The van der Waals surface area contributed by atoms with Crippen molar-refractivity contribution in [1.29, 1.82) is 0 Å². The number of carbonyl (C=O) groups excluding carboxylic acids is 1. The summed E-state index contributed by atoms with van der Waals surface area (Å²) in [5.41, 5.74) is 1.69. The molecule has 0 fully saturated rings. The van der Waals surface area contributed by atoms with Gasteiger partial charge in [0, 0.05) is 12.6 Å². The minimum atomic E-state index is -0.545. The van der Waals surface area contributed by atoms with Crippen LogP contribution in [0.4, 0.5) is 11.6 Å². The Morgan fingerprint density at radius 1 is 1.38 bits per heavy atom. The Bertz CT molecular complexity index is 921. The molecule has 9 heteroatoms. The van der Waals surface area contributed by atoms with Crippen LogP contribution in [0.25, 0.3) is 5.65 Å². The number of imidazole rings is 1. The Hall–Kier alpha value is -3.49. The zero-order valence-electron chi connectivity index (χ0n) is 12.7. The molecular formula is C15H13N5O4. The average molecular weight is 327 g/mol. The standard InChI is InChI=1S/C15H13N5O4/c1-24-15(21)11-4-2-3-10(7-11)8-16-12-5-6-13-17-9-14(20(22)23)19(13)18-12/h2-7,9H,8H2,1H3,(H,16,18). The molecule has 0 atom stereocenters. The second kappa shape index (κ2) is 6.32. The molecule has 2 heterocycles. The predicted octanol–water partition coefficient (Wildman–Crippen LogP) is 2.04. The quantitative estimate of drug-likeness (QED) is 0.433. The van der Waals surface area contributed by atoms with Gasteiger partial charge in [0.2, 0.25) is 5.65 Å². The van der Waals surface area contributed by atoms with Gasteiger partial charge < -0.3 is 20.2 Å². The van der Waals surface area contributed by atoms with Crippen molar-refractivity contribution in [2.75, 3.05) is 12.4 Å². The van der Waals surface area contributed by atoms with Crippen molar-refractivity contribution in [3.63, 3.8) is 0 Å². The van der Waals surface area contributed by atoms with E-state index >= 15 is 0 Å². The predicted molar refractivity (Wildman–Crippen MR) is 84.7 cm³/mol. The van der Waals surface area contributed by atoms with E-state index in [1.165, 1.54) is 7.11 Å². The van der Waals surface area contributed by atoms with E-state index in [9.17, 15) is 14.9 Å². The van der Waals surface area contributed by atoms with Gasteiger partial charge in [0.1, 0.15) is 6.20 Å². The van der Waals surface area contributed by atoms with Crippen LogP contribution >= 0.6 is 0 Å². The number of ether oxygens (including phenoxy) is 1. The number of hydrogen-bond acceptors (Lipinski definition) is 7. The molecule has 2 aromatic heterocycles. The number of aromatic nitrogens is 3. The van der Waals surface area contributed by atoms with E-state index in [1.807, 2.05) is 6.07 Å². The minimum Gasteiger partial charge on any atom is -0.465 e. The zero-order valence-corrected chi connectivity index (χ0v) is 12.7. The summed E-state index contributed by atoms with van der Waals surface area (Å²) in [5.74, 6) is -0.168. The largest absolute Gasteiger partial charge is 0.465 e. The summed E-state index contributed by atoms with van der Waals surface area (Å²) in [4.78, 5) is 25.8. The van der Waals surface area contributed by atoms with Crippen molar-refractivity contribution in [3.05, 3.63) is 63.8 Å². The number of nitrogens with zero attached hydrogens (tertiary/aromatic N) is 4. The van der Waals surface area contributed by atoms with Gasteiger partial charge in [0.15, 0.2) is 5.82 Å². The second-order valence-electron chi connectivity index (χ2n) is 4.91. The number of fused-ring (bicyclic) bond motifs is 1. The number of hydrogen-bond donors (Lipinski definition) is 1. The SMILES string of the molecule is COC(=O)c1cccc(CNc2ccc3ncc([N+](=O)[O-])n3n2)c1. The smallest absolute Gasteiger partial charge is 0.368 e. The molecule has 1 aromatic carbocycles. The molecule has 0 bridgehead atoms. The van der Waals surface area contributed by atoms with E-state index in [0.29, 0.717) is 23.6 Å². The lowest BCUT2D eigenvalue weighted by atomic mass is 10.1. The molecule has 0 radical (unpaired) electrons. The first-order valence-corrected chi connectivity index (χ1v) is 6.99. The van der Waals surface area contributed by atoms with Gasteiger partial charge in [-0.15, -0.1) is 0 Å². The first kappa shape index (κ1) is 15.4. The van der Waals surface area contributed by atoms with E-state index in [1.54, 1.807) is 30.3 Å². The molecule has 1 N–H and O–H groups in total. The summed E-state index contributed by atoms with van der Waals surface area (Å²) in [7, 11) is 1.32. The third-order valence-corrected chi connectivity index (χ3v) is 3.35. The number of anilines is 1. The summed E-state index contributed by atoms with van der Waals surface area (Å²) >= 11 is 0. The van der Waals surface area contributed by atoms with Gasteiger partial charge in [-0.1, -0.05) is 21.7 Å². The Kier molecular flexibility index (Phi) is 4.06. The van der Waals surface area contributed by atoms with E-state index in [4.69, 9.17) is 0 Å². The lowest BCUT2D eigenvalue weighted by Gasteiger charge is -2.06. The Labute approximate surface area is 136 Å². The van der Waals surface area contributed by atoms with Gasteiger partial charge in [-0.25, -0.2) is 9.78 Å². The maximum absolute atomic E-state index is 11.5. The first-order valence-electron chi connectivity index (χ1n) is 6.99. The third-order valence-electron chi connectivity index (χ3n) is 3.35. The molecule has 3 aromatic rings. The van der Waals surface area contributed by atoms with Crippen LogP contribution in [0.2, 0.25) is 0 Å². The summed E-state index contributed by atoms with van der Waals surface area (Å²) in [6, 6.07) is 10.3. The number of methoxy groups -OCH3 is 1. The molecule has 0 amide bonds. The van der Waals surface area contributed by atoms with Crippen LogP contribution in [0.5, 0.6) is 0 Å². The molecule has 0 spiro atoms. The molecule has 122 valence electrons. The maximum Gasteiger partial charge on any atom is 0.368 e. The van der Waals surface area contributed by atoms with Crippen molar-refractivity contribution in [2.45, 2.75) is 6.54 Å². The normalized spacial score (nSPS) is 10.5. The molecule has 0 aliphatic rings. The maximum atomic E-state index is 11.5. The highest BCUT2D eigenvalue weighted by Crippen LogP contribution is 2.15. The Balaban J connectivity index is 1.79. The van der Waals surface area contributed by atoms with Crippen LogP contribution in [-0.2, 0) is 11.3 Å². The lowest BCUT2D eigenvalue weighted by molar-refractivity contribution is -0.391. The fourth-order valence-corrected chi connectivity index (χ4v) is 2.20. The second-order valence-corrected chi connectivity index (χ2v) is 4.91. The average Bonchev–Trinajstić information content (AvgIpc) is 3.03. The molecular weight excluding hydrogens is 314 g/mol. The molecule has 0 saturated carbocycles. The Morgan fingerprint density at radius 2 is 2.21 bits per heavy atom. The third kappa shape index (κ3) is 3.00. The van der Waals surface area contributed by atoms with Crippen LogP contribution < -0.4 is 5.32 Å². The van der Waals surface area contributed by atoms with E-state index in [2.05, 4.69) is 20.1 Å². The molecule has 0 saturated heterocycles. The number of carbonyl (C=O) groups is 1. The van der Waals surface area contributed by atoms with Crippen LogP contribution in [0.3, 0.4) is 0 Å². The van der Waals surface area contributed by atoms with Crippen molar-refractivity contribution >= 4 is 23.3 Å². The fraction of sp³-hybridized carbons (Fsp3) is 0.133. The molecule has 0 unspecified atom stereocenters. The fourth-order valence-electron chi connectivity index (χ4n) is 2.20. The van der Waals surface area contributed by atoms with E-state index in [0.717, 1.165) is 16.3 Å². The van der Waals surface area contributed by atoms with Crippen LogP contribution in [0.1, 0.15) is 15.9 Å². The number of esters is 1. The van der Waals surface area contributed by atoms with Crippen LogP contribution in [0, 0.1) is 10.1 Å². The Morgan fingerprint density at radius 3 is 2.96 bits per heavy atom. The zero-order chi connectivity index (χ0) is 17.1. The number of nitro groups is 1. The lowest BCUT2D eigenvalue weighted by Crippen LogP contribution is -2.07. The first-order chi connectivity index (χ1) is 11.6. The highest BCUT2D eigenvalue weighted by atomic mass is 16.6. The highest BCUT2D eigenvalue weighted by molar-refractivity contribution is 5.89. The molecule has 0 aliphatic heterocycles. The van der Waals surface area contributed by atoms with Crippen LogP contribution in [0.15, 0.2) is 42.6 Å². The summed E-state index contributed by atoms with van der Waals surface area (Å²) < 4.78 is 5.84. The monoisotopic (exact) mass is 327 g/mol. The minimum absolute atomic E-state index is 0.207. The van der Waals surface area contributed by atoms with Gasteiger partial charge >= 0.3 is 11.8 Å². The summed E-state index contributed by atoms with van der Waals surface area (Å²) in [6.07, 6.45) is 1.16. The highest BCUT2D eigenvalue weighted by Gasteiger charge is 2.15. The number of nitrogens with one attached hydrogen (secondary N) is 1. The number of benzene rings is 1. The van der Waals surface area contributed by atoms with Gasteiger partial charge in [0.25, 0.3) is 0 Å². The van der Waals surface area contributed by atoms with Crippen molar-refractivity contribution in [3.8, 4) is 0 Å². The van der Waals surface area contributed by atoms with Crippen LogP contribution in [-0.4, -0.2) is 32.6 Å². The van der Waals surface area contributed by atoms with Crippen molar-refractivity contribution in [2.24, 2.45) is 0 Å². The van der Waals surface area contributed by atoms with Gasteiger partial charge in [-0.05, 0) is 28.7 Å². The van der Waals surface area contributed by atoms with Gasteiger partial charge in [-0.3, -0.25) is 0 Å². The van der Waals surface area contributed by atoms with Gasteiger partial charge in [0.05, 0.1) is 12.7 Å². The molecule has 9 nitrogen and oxygen atoms in total. The molecule has 3 rings (SSSR count). The van der Waals surface area contributed by atoms with Crippen molar-refractivity contribution in [1.82, 2.24) is 14.6 Å². The summed E-state index contributed by atoms with van der Waals surface area (Å²) in [6.45, 7) is 0.395. The number of rotatable bonds is 5. The van der Waals surface area contributed by atoms with E-state index < -0.39 is 10.9 Å². The molecule has 24 heavy (non-hydrogen) atoms. The van der Waals surface area contributed by atoms with E-state index in [-0.39, 0.29) is 5.82 Å². The topological polar surface area (TPSA) is 112 Å². The molecule has 0 aliphatic carbocycles. The van der Waals surface area contributed by atoms with Crippen molar-refractivity contribution < 1.29 is 14.5 Å². The van der Waals surface area contributed by atoms with Gasteiger partial charge in [-0.2, -0.15) is 0 Å².